The van der Waals surface area contributed by atoms with Crippen molar-refractivity contribution in [3.63, 3.8) is 0 Å². The molecule has 1 unspecified atom stereocenters. The van der Waals surface area contributed by atoms with E-state index in [2.05, 4.69) is 32.9 Å². The van der Waals surface area contributed by atoms with Gasteiger partial charge in [-0.25, -0.2) is 0 Å². The predicted molar refractivity (Wildman–Crippen MR) is 50.3 cm³/mol. The quantitative estimate of drug-likeness (QED) is 0.549. The molecule has 1 aliphatic rings. The van der Waals surface area contributed by atoms with Gasteiger partial charge in [0.1, 0.15) is 0 Å². The molecule has 2 nitrogen and oxygen atoms in total. The van der Waals surface area contributed by atoms with Crippen molar-refractivity contribution < 1.29 is 9.57 Å². The molecule has 0 aliphatic carbocycles. The highest BCUT2D eigenvalue weighted by Crippen LogP contribution is 2.34. The molecule has 2 heteroatoms. The first-order valence-corrected chi connectivity index (χ1v) is 4.73. The Morgan fingerprint density at radius 2 is 2.15 bits per heavy atom. The smallest absolute Gasteiger partial charge is 0.241 e. The number of fused-ring (bicyclic) bond motifs is 1. The van der Waals surface area contributed by atoms with Gasteiger partial charge in [0.05, 0.1) is 5.92 Å². The Kier molecular flexibility index (Phi) is 1.79. The lowest BCUT2D eigenvalue weighted by molar-refractivity contribution is -0.881. The molecule has 0 radical (unpaired) electrons. The third-order valence-corrected chi connectivity index (χ3v) is 2.64. The van der Waals surface area contributed by atoms with E-state index in [1.807, 2.05) is 17.0 Å². The summed E-state index contributed by atoms with van der Waals surface area (Å²) in [6.07, 6.45) is 1.97. The highest BCUT2D eigenvalue weighted by atomic mass is 16.7. The molecule has 0 fully saturated rings. The van der Waals surface area contributed by atoms with Gasteiger partial charge >= 0.3 is 0 Å². The summed E-state index contributed by atoms with van der Waals surface area (Å²) in [6, 6.07) is 6.21. The molecule has 0 saturated heterocycles. The second kappa shape index (κ2) is 2.72. The number of pyridine rings is 1. The largest absolute Gasteiger partial charge is 0.270 e. The van der Waals surface area contributed by atoms with Crippen LogP contribution in [-0.4, -0.2) is 6.61 Å². The molecule has 1 aliphatic heterocycles. The Labute approximate surface area is 79.1 Å². The number of hydrogen-bond donors (Lipinski definition) is 0. The van der Waals surface area contributed by atoms with E-state index in [-0.39, 0.29) is 5.41 Å². The van der Waals surface area contributed by atoms with Crippen LogP contribution >= 0.6 is 0 Å². The highest BCUT2D eigenvalue weighted by molar-refractivity contribution is 5.08. The summed E-state index contributed by atoms with van der Waals surface area (Å²) in [6.45, 7) is 7.56. The van der Waals surface area contributed by atoms with Crippen molar-refractivity contribution in [3.05, 3.63) is 30.1 Å². The van der Waals surface area contributed by atoms with E-state index in [0.717, 1.165) is 6.61 Å². The maximum absolute atomic E-state index is 5.55. The molecule has 0 N–H and O–H groups in total. The predicted octanol–water partition coefficient (Wildman–Crippen LogP) is 1.55. The van der Waals surface area contributed by atoms with E-state index in [9.17, 15) is 0 Å². The SMILES string of the molecule is CC(C)(C)C1CO[n+]2ccccc21. The number of hydrogen-bond acceptors (Lipinski definition) is 1. The molecule has 0 aromatic carbocycles. The molecule has 0 spiro atoms. The Morgan fingerprint density at radius 3 is 2.85 bits per heavy atom. The summed E-state index contributed by atoms with van der Waals surface area (Å²) in [4.78, 5) is 5.55. The fraction of sp³-hybridized carbons (Fsp3) is 0.545. The van der Waals surface area contributed by atoms with Gasteiger partial charge in [-0.2, -0.15) is 0 Å². The molecular weight excluding hydrogens is 162 g/mol. The van der Waals surface area contributed by atoms with Gasteiger partial charge < -0.3 is 0 Å². The molecule has 0 bridgehead atoms. The van der Waals surface area contributed by atoms with Crippen molar-refractivity contribution >= 4 is 0 Å². The average Bonchev–Trinajstić information content (AvgIpc) is 2.45. The third-order valence-electron chi connectivity index (χ3n) is 2.64. The van der Waals surface area contributed by atoms with Crippen LogP contribution in [0.5, 0.6) is 0 Å². The second-order valence-electron chi connectivity index (χ2n) is 4.67. The molecular formula is C11H16NO+. The number of aromatic nitrogens is 1. The average molecular weight is 178 g/mol. The maximum atomic E-state index is 5.55. The first-order valence-electron chi connectivity index (χ1n) is 4.73. The van der Waals surface area contributed by atoms with Gasteiger partial charge in [0, 0.05) is 16.9 Å². The minimum atomic E-state index is 0.277. The summed E-state index contributed by atoms with van der Waals surface area (Å²) in [5.74, 6) is 0.508. The fourth-order valence-corrected chi connectivity index (χ4v) is 1.76. The van der Waals surface area contributed by atoms with Crippen molar-refractivity contribution in [2.45, 2.75) is 26.7 Å². The van der Waals surface area contributed by atoms with Crippen LogP contribution in [0.2, 0.25) is 0 Å². The van der Waals surface area contributed by atoms with Crippen molar-refractivity contribution in [2.24, 2.45) is 5.41 Å². The van der Waals surface area contributed by atoms with Crippen LogP contribution in [0.4, 0.5) is 0 Å². The van der Waals surface area contributed by atoms with Crippen LogP contribution in [0.3, 0.4) is 0 Å². The molecule has 1 aromatic rings. The lowest BCUT2D eigenvalue weighted by Gasteiger charge is -2.21. The Balaban J connectivity index is 2.39. The number of nitrogens with zero attached hydrogens (tertiary/aromatic N) is 1. The second-order valence-corrected chi connectivity index (χ2v) is 4.67. The summed E-state index contributed by atoms with van der Waals surface area (Å²) in [5.41, 5.74) is 1.56. The van der Waals surface area contributed by atoms with E-state index in [1.165, 1.54) is 5.69 Å². The monoisotopic (exact) mass is 178 g/mol. The zero-order valence-electron chi connectivity index (χ0n) is 8.45. The summed E-state index contributed by atoms with van der Waals surface area (Å²) < 4.78 is 1.88. The van der Waals surface area contributed by atoms with Crippen LogP contribution in [0.1, 0.15) is 32.4 Å². The summed E-state index contributed by atoms with van der Waals surface area (Å²) in [5, 5.41) is 0. The molecule has 0 amide bonds. The lowest BCUT2D eigenvalue weighted by atomic mass is 9.79. The first kappa shape index (κ1) is 8.54. The van der Waals surface area contributed by atoms with Gasteiger partial charge in [-0.3, -0.25) is 4.84 Å². The molecule has 70 valence electrons. The summed E-state index contributed by atoms with van der Waals surface area (Å²) in [7, 11) is 0. The number of rotatable bonds is 0. The van der Waals surface area contributed by atoms with Crippen LogP contribution in [0, 0.1) is 5.41 Å². The van der Waals surface area contributed by atoms with Crippen LogP contribution < -0.4 is 9.57 Å². The minimum absolute atomic E-state index is 0.277. The molecule has 0 saturated carbocycles. The standard InChI is InChI=1S/C11H16NO/c1-11(2,3)9-8-13-12-7-5-4-6-10(9)12/h4-7,9H,8H2,1-3H3/q+1. The molecule has 1 aromatic heterocycles. The highest BCUT2D eigenvalue weighted by Gasteiger charge is 2.40. The van der Waals surface area contributed by atoms with Crippen molar-refractivity contribution in [2.75, 3.05) is 6.61 Å². The van der Waals surface area contributed by atoms with Gasteiger partial charge in [0.25, 0.3) is 0 Å². The van der Waals surface area contributed by atoms with Gasteiger partial charge in [-0.1, -0.05) is 20.8 Å². The topological polar surface area (TPSA) is 13.1 Å². The van der Waals surface area contributed by atoms with Crippen molar-refractivity contribution in [1.82, 2.24) is 0 Å². The normalized spacial score (nSPS) is 21.0. The Hall–Kier alpha value is -1.05. The van der Waals surface area contributed by atoms with Crippen LogP contribution in [0.15, 0.2) is 24.4 Å². The van der Waals surface area contributed by atoms with Gasteiger partial charge in [-0.15, -0.1) is 0 Å². The van der Waals surface area contributed by atoms with E-state index in [4.69, 9.17) is 4.84 Å². The molecule has 2 rings (SSSR count). The Morgan fingerprint density at radius 1 is 1.38 bits per heavy atom. The van der Waals surface area contributed by atoms with Crippen molar-refractivity contribution in [3.8, 4) is 0 Å². The lowest BCUT2D eigenvalue weighted by Crippen LogP contribution is -2.39. The van der Waals surface area contributed by atoms with Crippen LogP contribution in [-0.2, 0) is 0 Å². The Bertz CT molecular complexity index is 314. The molecule has 13 heavy (non-hydrogen) atoms. The minimum Gasteiger partial charge on any atom is -0.270 e. The van der Waals surface area contributed by atoms with E-state index in [1.54, 1.807) is 0 Å². The van der Waals surface area contributed by atoms with E-state index in [0.29, 0.717) is 5.92 Å². The van der Waals surface area contributed by atoms with Crippen LogP contribution in [0.25, 0.3) is 0 Å². The zero-order valence-corrected chi connectivity index (χ0v) is 8.45. The summed E-state index contributed by atoms with van der Waals surface area (Å²) >= 11 is 0. The molecule has 2 heterocycles. The van der Waals surface area contributed by atoms with Crippen molar-refractivity contribution in [1.29, 1.82) is 0 Å². The van der Waals surface area contributed by atoms with Gasteiger partial charge in [0.15, 0.2) is 6.61 Å². The molecule has 1 atom stereocenters. The zero-order chi connectivity index (χ0) is 9.47. The van der Waals surface area contributed by atoms with Gasteiger partial charge in [0.2, 0.25) is 11.9 Å². The third kappa shape index (κ3) is 1.41. The maximum Gasteiger partial charge on any atom is 0.241 e. The van der Waals surface area contributed by atoms with E-state index < -0.39 is 0 Å². The van der Waals surface area contributed by atoms with Gasteiger partial charge in [-0.05, 0) is 11.5 Å². The first-order chi connectivity index (χ1) is 6.09. The van der Waals surface area contributed by atoms with E-state index >= 15 is 0 Å². The fourth-order valence-electron chi connectivity index (χ4n) is 1.76.